The van der Waals surface area contributed by atoms with Crippen LogP contribution in [0.5, 0.6) is 0 Å². The molecule has 1 N–H and O–H groups in total. The van der Waals surface area contributed by atoms with Crippen LogP contribution in [0.1, 0.15) is 35.4 Å². The van der Waals surface area contributed by atoms with Crippen LogP contribution in [0, 0.1) is 5.82 Å². The smallest absolute Gasteiger partial charge is 0.410 e. The van der Waals surface area contributed by atoms with Gasteiger partial charge in [0.05, 0.1) is 0 Å². The molecule has 0 fully saturated rings. The fraction of sp³-hybridized carbons (Fsp3) is 0.314. The number of carboxylic acid groups (broad SMARTS) is 1. The monoisotopic (exact) mass is 613 g/mol. The summed E-state index contributed by atoms with van der Waals surface area (Å²) in [5.74, 6) is -2.81. The fourth-order valence-electron chi connectivity index (χ4n) is 6.13. The van der Waals surface area contributed by atoms with E-state index in [0.717, 1.165) is 27.2 Å². The first-order valence-corrected chi connectivity index (χ1v) is 14.9. The predicted octanol–water partition coefficient (Wildman–Crippen LogP) is 4.71. The molecule has 0 saturated heterocycles. The normalized spacial score (nSPS) is 17.4. The molecule has 10 heteroatoms. The lowest BCUT2D eigenvalue weighted by molar-refractivity contribution is -0.150. The van der Waals surface area contributed by atoms with Gasteiger partial charge in [-0.05, 0) is 52.8 Å². The third kappa shape index (κ3) is 6.90. The second kappa shape index (κ2) is 13.8. The van der Waals surface area contributed by atoms with Gasteiger partial charge in [0.15, 0.2) is 0 Å². The summed E-state index contributed by atoms with van der Waals surface area (Å²) in [4.78, 5) is 56.4. The summed E-state index contributed by atoms with van der Waals surface area (Å²) in [5, 5.41) is 9.31. The Balaban J connectivity index is 1.36. The van der Waals surface area contributed by atoms with Crippen molar-refractivity contribution >= 4 is 23.9 Å². The Labute approximate surface area is 261 Å². The average molecular weight is 614 g/mol. The van der Waals surface area contributed by atoms with Crippen LogP contribution in [-0.2, 0) is 25.5 Å². The van der Waals surface area contributed by atoms with E-state index in [-0.39, 0.29) is 31.9 Å². The van der Waals surface area contributed by atoms with Crippen LogP contribution in [0.2, 0.25) is 0 Å². The van der Waals surface area contributed by atoms with Crippen molar-refractivity contribution in [3.63, 3.8) is 0 Å². The van der Waals surface area contributed by atoms with Crippen molar-refractivity contribution in [2.24, 2.45) is 0 Å². The number of carboxylic acids is 1. The molecule has 0 bridgehead atoms. The number of aliphatic carboxylic acids is 1. The largest absolute Gasteiger partial charge is 0.480 e. The Morgan fingerprint density at radius 1 is 0.956 bits per heavy atom. The Morgan fingerprint density at radius 3 is 2.20 bits per heavy atom. The van der Waals surface area contributed by atoms with Gasteiger partial charge in [0.2, 0.25) is 11.8 Å². The van der Waals surface area contributed by atoms with Gasteiger partial charge in [-0.3, -0.25) is 19.3 Å². The molecule has 3 aromatic rings. The van der Waals surface area contributed by atoms with Gasteiger partial charge in [-0.2, -0.15) is 0 Å². The molecule has 3 aromatic carbocycles. The summed E-state index contributed by atoms with van der Waals surface area (Å²) in [7, 11) is 2.87. The number of hydrogen-bond acceptors (Lipinski definition) is 5. The first kappa shape index (κ1) is 31.4. The number of ether oxygens (including phenoxy) is 1. The molecule has 45 heavy (non-hydrogen) atoms. The third-order valence-corrected chi connectivity index (χ3v) is 8.47. The van der Waals surface area contributed by atoms with Crippen LogP contribution in [0.4, 0.5) is 9.18 Å². The zero-order chi connectivity index (χ0) is 32.1. The van der Waals surface area contributed by atoms with Crippen LogP contribution in [-0.4, -0.2) is 89.6 Å². The molecule has 0 saturated carbocycles. The number of rotatable bonds is 9. The predicted molar refractivity (Wildman–Crippen MR) is 166 cm³/mol. The molecule has 3 amide bonds. The Bertz CT molecular complexity index is 1560. The number of hydrogen-bond donors (Lipinski definition) is 1. The first-order chi connectivity index (χ1) is 21.7. The van der Waals surface area contributed by atoms with E-state index in [1.165, 1.54) is 48.2 Å². The highest BCUT2D eigenvalue weighted by molar-refractivity contribution is 5.92. The van der Waals surface area contributed by atoms with E-state index in [1.807, 2.05) is 60.7 Å². The number of fused-ring (bicyclic) bond motifs is 3. The molecule has 0 unspecified atom stereocenters. The van der Waals surface area contributed by atoms with Crippen molar-refractivity contribution in [1.29, 1.82) is 0 Å². The Morgan fingerprint density at radius 2 is 1.58 bits per heavy atom. The quantitative estimate of drug-likeness (QED) is 0.351. The summed E-state index contributed by atoms with van der Waals surface area (Å²) in [5.41, 5.74) is 4.94. The van der Waals surface area contributed by atoms with Gasteiger partial charge in [-0.1, -0.05) is 72.8 Å². The summed E-state index contributed by atoms with van der Waals surface area (Å²) in [6, 6.07) is 19.6. The van der Waals surface area contributed by atoms with Crippen molar-refractivity contribution < 1.29 is 33.4 Å². The van der Waals surface area contributed by atoms with Crippen molar-refractivity contribution in [2.45, 2.75) is 37.3 Å². The molecule has 2 aliphatic rings. The van der Waals surface area contributed by atoms with Gasteiger partial charge in [0, 0.05) is 33.0 Å². The molecule has 0 spiro atoms. The van der Waals surface area contributed by atoms with E-state index in [2.05, 4.69) is 0 Å². The van der Waals surface area contributed by atoms with E-state index in [0.29, 0.717) is 12.0 Å². The molecule has 1 aliphatic heterocycles. The maximum atomic E-state index is 14.2. The number of benzene rings is 3. The van der Waals surface area contributed by atoms with Crippen molar-refractivity contribution in [3.05, 3.63) is 107 Å². The summed E-state index contributed by atoms with van der Waals surface area (Å²) >= 11 is 0. The van der Waals surface area contributed by atoms with Crippen molar-refractivity contribution in [3.8, 4) is 11.1 Å². The fourth-order valence-corrected chi connectivity index (χ4v) is 6.13. The lowest BCUT2D eigenvalue weighted by Gasteiger charge is -2.38. The minimum atomic E-state index is -1.19. The maximum absolute atomic E-state index is 14.2. The number of amides is 3. The minimum absolute atomic E-state index is 0.0416. The number of carbonyl (C=O) groups is 4. The van der Waals surface area contributed by atoms with E-state index in [1.54, 1.807) is 0 Å². The third-order valence-electron chi connectivity index (χ3n) is 8.47. The molecule has 0 radical (unpaired) electrons. The average Bonchev–Trinajstić information content (AvgIpc) is 3.34. The number of carbonyl (C=O) groups excluding carboxylic acids is 3. The summed E-state index contributed by atoms with van der Waals surface area (Å²) < 4.78 is 19.5. The van der Waals surface area contributed by atoms with E-state index >= 15 is 0 Å². The van der Waals surface area contributed by atoms with E-state index in [4.69, 9.17) is 4.74 Å². The number of likely N-dealkylation sites (N-methyl/N-ethyl adjacent to an activating group) is 2. The highest BCUT2D eigenvalue weighted by Crippen LogP contribution is 2.44. The topological polar surface area (TPSA) is 107 Å². The zero-order valence-corrected chi connectivity index (χ0v) is 25.3. The van der Waals surface area contributed by atoms with Gasteiger partial charge in [-0.25, -0.2) is 9.18 Å². The lowest BCUT2D eigenvalue weighted by atomic mass is 9.98. The SMILES string of the molecule is CN(CC(=O)O)C(=O)[C@H](Cc1ccc(F)cc1)N1CC/C=C\C[C@H](N(C)C(=O)OCC2c3ccccc3-c3ccccc32)C1=O. The van der Waals surface area contributed by atoms with Gasteiger partial charge >= 0.3 is 12.1 Å². The second-order valence-electron chi connectivity index (χ2n) is 11.4. The molecule has 2 atom stereocenters. The van der Waals surface area contributed by atoms with Crippen LogP contribution >= 0.6 is 0 Å². The number of halogens is 1. The van der Waals surface area contributed by atoms with Gasteiger partial charge in [0.1, 0.15) is 31.1 Å². The minimum Gasteiger partial charge on any atom is -0.480 e. The van der Waals surface area contributed by atoms with Crippen LogP contribution in [0.25, 0.3) is 11.1 Å². The van der Waals surface area contributed by atoms with Gasteiger partial charge in [-0.15, -0.1) is 0 Å². The van der Waals surface area contributed by atoms with Crippen LogP contribution < -0.4 is 0 Å². The molecular weight excluding hydrogens is 577 g/mol. The lowest BCUT2D eigenvalue weighted by Crippen LogP contribution is -2.57. The van der Waals surface area contributed by atoms with Crippen molar-refractivity contribution in [1.82, 2.24) is 14.7 Å². The van der Waals surface area contributed by atoms with Crippen LogP contribution in [0.15, 0.2) is 84.9 Å². The maximum Gasteiger partial charge on any atom is 0.410 e. The summed E-state index contributed by atoms with van der Waals surface area (Å²) in [6.07, 6.45) is 3.76. The Kier molecular flexibility index (Phi) is 9.61. The second-order valence-corrected chi connectivity index (χ2v) is 11.4. The highest BCUT2D eigenvalue weighted by atomic mass is 19.1. The first-order valence-electron chi connectivity index (χ1n) is 14.9. The standard InChI is InChI=1S/C35H36FN3O6/c1-37(21-32(40)41)33(42)31(20-23-15-17-24(36)18-16-23)39-19-9-3-4-14-30(34(39)43)38(2)35(44)45-22-29-27-12-7-5-10-25(27)26-11-6-8-13-28(26)29/h3-8,10-13,15-18,29-31H,9,14,19-22H2,1-2H3,(H,40,41)/b4-3-/t30-,31-/m0/s1. The molecule has 5 rings (SSSR count). The van der Waals surface area contributed by atoms with E-state index in [9.17, 15) is 28.7 Å². The van der Waals surface area contributed by atoms with Gasteiger partial charge in [0.25, 0.3) is 0 Å². The highest BCUT2D eigenvalue weighted by Gasteiger charge is 2.39. The zero-order valence-electron chi connectivity index (χ0n) is 25.3. The van der Waals surface area contributed by atoms with Crippen molar-refractivity contribution in [2.75, 3.05) is 33.8 Å². The van der Waals surface area contributed by atoms with E-state index < -0.39 is 48.3 Å². The van der Waals surface area contributed by atoms with Gasteiger partial charge < -0.3 is 19.6 Å². The molecule has 234 valence electrons. The molecule has 1 heterocycles. The molecule has 9 nitrogen and oxygen atoms in total. The molecule has 1 aliphatic carbocycles. The number of nitrogens with zero attached hydrogens (tertiary/aromatic N) is 3. The summed E-state index contributed by atoms with van der Waals surface area (Å²) in [6.45, 7) is -0.296. The molecular formula is C35H36FN3O6. The Hall–Kier alpha value is -4.99. The van der Waals surface area contributed by atoms with Crippen LogP contribution in [0.3, 0.4) is 0 Å². The molecule has 0 aromatic heterocycles.